The van der Waals surface area contributed by atoms with Crippen molar-refractivity contribution < 1.29 is 14.4 Å². The highest BCUT2D eigenvalue weighted by Crippen LogP contribution is 2.18. The highest BCUT2D eigenvalue weighted by atomic mass is 16.2. The van der Waals surface area contributed by atoms with Crippen molar-refractivity contribution in [1.82, 2.24) is 25.8 Å². The zero-order valence-electron chi connectivity index (χ0n) is 15.6. The molecule has 1 unspecified atom stereocenters. The summed E-state index contributed by atoms with van der Waals surface area (Å²) in [5.74, 6) is -0.891. The van der Waals surface area contributed by atoms with E-state index in [2.05, 4.69) is 25.8 Å². The maximum Gasteiger partial charge on any atom is 0.249 e. The molecular formula is C18H29N5O3. The number of carbonyl (C=O) groups is 3. The summed E-state index contributed by atoms with van der Waals surface area (Å²) in [7, 11) is 0. The van der Waals surface area contributed by atoms with Gasteiger partial charge >= 0.3 is 0 Å². The van der Waals surface area contributed by atoms with Gasteiger partial charge in [-0.1, -0.05) is 6.92 Å². The average Bonchev–Trinajstić information content (AvgIpc) is 2.57. The SMILES string of the molecule is CC/C(C(=O)NC1CCC(=O)NC1=O)=C(/C)N1CCN(C2CNC2)CC1. The van der Waals surface area contributed by atoms with E-state index in [9.17, 15) is 14.4 Å². The third-order valence-corrected chi connectivity index (χ3v) is 5.67. The van der Waals surface area contributed by atoms with E-state index in [1.54, 1.807) is 0 Å². The zero-order chi connectivity index (χ0) is 18.7. The Kier molecular flexibility index (Phi) is 5.93. The van der Waals surface area contributed by atoms with Crippen molar-refractivity contribution in [2.45, 2.75) is 45.2 Å². The molecule has 3 amide bonds. The molecule has 3 N–H and O–H groups in total. The smallest absolute Gasteiger partial charge is 0.249 e. The molecule has 3 fully saturated rings. The summed E-state index contributed by atoms with van der Waals surface area (Å²) >= 11 is 0. The van der Waals surface area contributed by atoms with Crippen LogP contribution in [-0.4, -0.2) is 78.9 Å². The third-order valence-electron chi connectivity index (χ3n) is 5.67. The molecule has 144 valence electrons. The van der Waals surface area contributed by atoms with Gasteiger partial charge in [-0.05, 0) is 19.8 Å². The van der Waals surface area contributed by atoms with Crippen molar-refractivity contribution in [3.8, 4) is 0 Å². The van der Waals surface area contributed by atoms with E-state index in [0.29, 0.717) is 24.5 Å². The fourth-order valence-electron chi connectivity index (χ4n) is 3.80. The number of piperidine rings is 1. The van der Waals surface area contributed by atoms with Gasteiger partial charge in [-0.3, -0.25) is 24.6 Å². The molecule has 3 aliphatic heterocycles. The molecule has 0 bridgehead atoms. The summed E-state index contributed by atoms with van der Waals surface area (Å²) in [6.07, 6.45) is 1.23. The highest BCUT2D eigenvalue weighted by Gasteiger charge is 2.31. The molecule has 1 atom stereocenters. The number of allylic oxidation sites excluding steroid dienone is 1. The second-order valence-corrected chi connectivity index (χ2v) is 7.23. The number of nitrogens with one attached hydrogen (secondary N) is 3. The first-order valence-electron chi connectivity index (χ1n) is 9.53. The lowest BCUT2D eigenvalue weighted by atomic mass is 10.0. The van der Waals surface area contributed by atoms with Gasteiger partial charge in [-0.15, -0.1) is 0 Å². The Labute approximate surface area is 154 Å². The molecule has 0 aliphatic carbocycles. The largest absolute Gasteiger partial charge is 0.372 e. The minimum Gasteiger partial charge on any atom is -0.372 e. The number of nitrogens with zero attached hydrogens (tertiary/aromatic N) is 2. The maximum atomic E-state index is 12.7. The highest BCUT2D eigenvalue weighted by molar-refractivity contribution is 6.03. The summed E-state index contributed by atoms with van der Waals surface area (Å²) < 4.78 is 0. The molecule has 0 saturated carbocycles. The van der Waals surface area contributed by atoms with Gasteiger partial charge in [-0.2, -0.15) is 0 Å². The van der Waals surface area contributed by atoms with Gasteiger partial charge in [0.1, 0.15) is 6.04 Å². The van der Waals surface area contributed by atoms with E-state index >= 15 is 0 Å². The zero-order valence-corrected chi connectivity index (χ0v) is 15.6. The van der Waals surface area contributed by atoms with E-state index < -0.39 is 11.9 Å². The van der Waals surface area contributed by atoms with Crippen LogP contribution in [0, 0.1) is 0 Å². The molecular weight excluding hydrogens is 334 g/mol. The summed E-state index contributed by atoms with van der Waals surface area (Å²) in [4.78, 5) is 40.6. The van der Waals surface area contributed by atoms with Crippen LogP contribution in [0.1, 0.15) is 33.1 Å². The van der Waals surface area contributed by atoms with Crippen LogP contribution >= 0.6 is 0 Å². The monoisotopic (exact) mass is 363 g/mol. The van der Waals surface area contributed by atoms with Crippen LogP contribution in [0.3, 0.4) is 0 Å². The molecule has 8 heteroatoms. The van der Waals surface area contributed by atoms with Gasteiger partial charge < -0.3 is 15.5 Å². The van der Waals surface area contributed by atoms with Gasteiger partial charge in [0.05, 0.1) is 0 Å². The van der Waals surface area contributed by atoms with Crippen molar-refractivity contribution >= 4 is 17.7 Å². The quantitative estimate of drug-likeness (QED) is 0.437. The standard InChI is InChI=1S/C18H29N5O3/c1-3-14(17(25)20-15-4-5-16(24)21-18(15)26)12(2)22-6-8-23(9-7-22)13-10-19-11-13/h13,15,19H,3-11H2,1-2H3,(H,20,25)(H,21,24,26)/b14-12+. The van der Waals surface area contributed by atoms with Crippen LogP contribution in [-0.2, 0) is 14.4 Å². The first-order valence-corrected chi connectivity index (χ1v) is 9.53. The molecule has 3 heterocycles. The molecule has 0 aromatic rings. The molecule has 0 radical (unpaired) electrons. The van der Waals surface area contributed by atoms with E-state index in [1.165, 1.54) is 0 Å². The lowest BCUT2D eigenvalue weighted by Crippen LogP contribution is -2.61. The molecule has 8 nitrogen and oxygen atoms in total. The lowest BCUT2D eigenvalue weighted by Gasteiger charge is -2.44. The van der Waals surface area contributed by atoms with Crippen LogP contribution in [0.2, 0.25) is 0 Å². The molecule has 3 rings (SSSR count). The van der Waals surface area contributed by atoms with Gasteiger partial charge in [0, 0.05) is 63.0 Å². The van der Waals surface area contributed by atoms with Gasteiger partial charge in [0.25, 0.3) is 0 Å². The molecule has 0 aromatic heterocycles. The number of piperazine rings is 1. The Balaban J connectivity index is 1.59. The average molecular weight is 363 g/mol. The Morgan fingerprint density at radius 1 is 1.19 bits per heavy atom. The van der Waals surface area contributed by atoms with Gasteiger partial charge in [0.2, 0.25) is 17.7 Å². The van der Waals surface area contributed by atoms with Gasteiger partial charge in [0.15, 0.2) is 0 Å². The summed E-state index contributed by atoms with van der Waals surface area (Å²) in [5.41, 5.74) is 1.71. The second kappa shape index (κ2) is 8.18. The first kappa shape index (κ1) is 18.8. The maximum absolute atomic E-state index is 12.7. The van der Waals surface area contributed by atoms with Crippen LogP contribution in [0.15, 0.2) is 11.3 Å². The number of imide groups is 1. The minimum atomic E-state index is -0.627. The molecule has 3 saturated heterocycles. The van der Waals surface area contributed by atoms with Crippen LogP contribution < -0.4 is 16.0 Å². The molecule has 3 aliphatic rings. The van der Waals surface area contributed by atoms with Crippen molar-refractivity contribution in [1.29, 1.82) is 0 Å². The van der Waals surface area contributed by atoms with Crippen LogP contribution in [0.4, 0.5) is 0 Å². The van der Waals surface area contributed by atoms with E-state index in [-0.39, 0.29) is 18.2 Å². The van der Waals surface area contributed by atoms with E-state index in [0.717, 1.165) is 45.0 Å². The van der Waals surface area contributed by atoms with Crippen molar-refractivity contribution in [3.05, 3.63) is 11.3 Å². The normalized spacial score (nSPS) is 26.1. The van der Waals surface area contributed by atoms with Crippen molar-refractivity contribution in [2.24, 2.45) is 0 Å². The Bertz CT molecular complexity index is 606. The molecule has 0 aromatic carbocycles. The summed E-state index contributed by atoms with van der Waals surface area (Å²) in [6.45, 7) is 9.94. The number of hydrogen-bond donors (Lipinski definition) is 3. The number of rotatable bonds is 5. The lowest BCUT2D eigenvalue weighted by molar-refractivity contribution is -0.136. The Morgan fingerprint density at radius 2 is 1.88 bits per heavy atom. The summed E-state index contributed by atoms with van der Waals surface area (Å²) in [6, 6.07) is 0.0282. The number of carbonyl (C=O) groups excluding carboxylic acids is 3. The number of hydrogen-bond acceptors (Lipinski definition) is 6. The molecule has 0 spiro atoms. The van der Waals surface area contributed by atoms with Crippen molar-refractivity contribution in [2.75, 3.05) is 39.3 Å². The van der Waals surface area contributed by atoms with Crippen LogP contribution in [0.5, 0.6) is 0 Å². The van der Waals surface area contributed by atoms with Crippen LogP contribution in [0.25, 0.3) is 0 Å². The van der Waals surface area contributed by atoms with Crippen molar-refractivity contribution in [3.63, 3.8) is 0 Å². The Morgan fingerprint density at radius 3 is 2.42 bits per heavy atom. The predicted molar refractivity (Wildman–Crippen MR) is 97.1 cm³/mol. The van der Waals surface area contributed by atoms with E-state index in [1.807, 2.05) is 13.8 Å². The number of amides is 3. The third kappa shape index (κ3) is 4.07. The van der Waals surface area contributed by atoms with Gasteiger partial charge in [-0.25, -0.2) is 0 Å². The molecule has 26 heavy (non-hydrogen) atoms. The fraction of sp³-hybridized carbons (Fsp3) is 0.722. The summed E-state index contributed by atoms with van der Waals surface area (Å²) in [5, 5.41) is 8.39. The minimum absolute atomic E-state index is 0.204. The fourth-order valence-corrected chi connectivity index (χ4v) is 3.80. The first-order chi connectivity index (χ1) is 12.5. The van der Waals surface area contributed by atoms with E-state index in [4.69, 9.17) is 0 Å². The second-order valence-electron chi connectivity index (χ2n) is 7.23. The predicted octanol–water partition coefficient (Wildman–Crippen LogP) is -0.819. The topological polar surface area (TPSA) is 93.8 Å². The Hall–Kier alpha value is -1.93.